The van der Waals surface area contributed by atoms with Crippen molar-refractivity contribution in [1.82, 2.24) is 5.32 Å². The highest BCUT2D eigenvalue weighted by atomic mass is 19.1. The van der Waals surface area contributed by atoms with Crippen LogP contribution in [-0.2, 0) is 0 Å². The Kier molecular flexibility index (Phi) is 3.88. The molecule has 2 fully saturated rings. The largest absolute Gasteiger partial charge is 0.311 e. The molecule has 0 aliphatic heterocycles. The molecule has 0 unspecified atom stereocenters. The summed E-state index contributed by atoms with van der Waals surface area (Å²) in [6.45, 7) is 2.33. The van der Waals surface area contributed by atoms with Crippen molar-refractivity contribution in [2.24, 2.45) is 5.92 Å². The van der Waals surface area contributed by atoms with Gasteiger partial charge < -0.3 is 5.32 Å². The van der Waals surface area contributed by atoms with Gasteiger partial charge in [-0.05, 0) is 56.1 Å². The van der Waals surface area contributed by atoms with Crippen LogP contribution in [-0.4, -0.2) is 12.1 Å². The molecule has 2 heteroatoms. The van der Waals surface area contributed by atoms with Crippen LogP contribution in [0.3, 0.4) is 0 Å². The Morgan fingerprint density at radius 2 is 1.84 bits per heavy atom. The lowest BCUT2D eigenvalue weighted by atomic mass is 9.75. The van der Waals surface area contributed by atoms with Crippen LogP contribution in [0.1, 0.15) is 56.9 Å². The van der Waals surface area contributed by atoms with Gasteiger partial charge in [0.25, 0.3) is 0 Å². The van der Waals surface area contributed by atoms with E-state index >= 15 is 0 Å². The third-order valence-corrected chi connectivity index (χ3v) is 5.09. The van der Waals surface area contributed by atoms with Gasteiger partial charge in [-0.25, -0.2) is 4.39 Å². The minimum Gasteiger partial charge on any atom is -0.311 e. The van der Waals surface area contributed by atoms with Gasteiger partial charge in [-0.2, -0.15) is 0 Å². The van der Waals surface area contributed by atoms with E-state index in [-0.39, 0.29) is 5.82 Å². The van der Waals surface area contributed by atoms with Crippen LogP contribution in [0, 0.1) is 11.7 Å². The predicted molar refractivity (Wildman–Crippen MR) is 76.7 cm³/mol. The lowest BCUT2D eigenvalue weighted by Crippen LogP contribution is -2.46. The quantitative estimate of drug-likeness (QED) is 0.854. The number of hydrogen-bond acceptors (Lipinski definition) is 1. The number of benzene rings is 1. The van der Waals surface area contributed by atoms with Crippen LogP contribution >= 0.6 is 0 Å². The average Bonchev–Trinajstić information content (AvgIpc) is 2.88. The Balaban J connectivity index is 1.49. The van der Waals surface area contributed by atoms with Crippen LogP contribution in [0.25, 0.3) is 0 Å². The summed E-state index contributed by atoms with van der Waals surface area (Å²) in [5.74, 6) is 1.26. The summed E-state index contributed by atoms with van der Waals surface area (Å²) in [5, 5.41) is 3.76. The van der Waals surface area contributed by atoms with Crippen molar-refractivity contribution in [3.8, 4) is 0 Å². The summed E-state index contributed by atoms with van der Waals surface area (Å²) in [7, 11) is 0. The first-order valence-electron chi connectivity index (χ1n) is 7.74. The van der Waals surface area contributed by atoms with E-state index in [9.17, 15) is 4.39 Å². The fourth-order valence-corrected chi connectivity index (χ4v) is 3.78. The summed E-state index contributed by atoms with van der Waals surface area (Å²) >= 11 is 0. The summed E-state index contributed by atoms with van der Waals surface area (Å²) in [6.07, 6.45) is 7.77. The Hall–Kier alpha value is -0.890. The third-order valence-electron chi connectivity index (χ3n) is 5.09. The first kappa shape index (κ1) is 13.1. The molecular weight excluding hydrogens is 237 g/mol. The minimum atomic E-state index is -0.0326. The Morgan fingerprint density at radius 1 is 1.16 bits per heavy atom. The first-order chi connectivity index (χ1) is 9.24. The molecular formula is C17H24FN. The topological polar surface area (TPSA) is 12.0 Å². The molecule has 1 aromatic carbocycles. The fraction of sp³-hybridized carbons (Fsp3) is 0.647. The van der Waals surface area contributed by atoms with Gasteiger partial charge in [0.05, 0.1) is 0 Å². The van der Waals surface area contributed by atoms with Crippen molar-refractivity contribution in [3.63, 3.8) is 0 Å². The molecule has 1 N–H and O–H groups in total. The third kappa shape index (κ3) is 2.84. The monoisotopic (exact) mass is 261 g/mol. The Morgan fingerprint density at radius 3 is 2.53 bits per heavy atom. The normalized spacial score (nSPS) is 29.2. The molecule has 0 radical (unpaired) electrons. The standard InChI is InChI=1S/C17H24FN/c1-12(13-6-2-3-7-13)19-15-10-14(11-15)16-8-4-5-9-17(16)18/h4-5,8-9,12-15,19H,2-3,6-7,10-11H2,1H3/t12-,14?,15?/m1/s1. The van der Waals surface area contributed by atoms with E-state index in [2.05, 4.69) is 12.2 Å². The molecule has 0 spiro atoms. The van der Waals surface area contributed by atoms with E-state index in [4.69, 9.17) is 0 Å². The van der Waals surface area contributed by atoms with Crippen molar-refractivity contribution in [1.29, 1.82) is 0 Å². The van der Waals surface area contributed by atoms with E-state index in [0.717, 1.165) is 24.3 Å². The van der Waals surface area contributed by atoms with Crippen molar-refractivity contribution >= 4 is 0 Å². The molecule has 2 saturated carbocycles. The molecule has 0 saturated heterocycles. The molecule has 0 bridgehead atoms. The lowest BCUT2D eigenvalue weighted by Gasteiger charge is -2.39. The lowest BCUT2D eigenvalue weighted by molar-refractivity contribution is 0.236. The van der Waals surface area contributed by atoms with E-state index in [1.54, 1.807) is 12.1 Å². The molecule has 0 heterocycles. The smallest absolute Gasteiger partial charge is 0.126 e. The highest BCUT2D eigenvalue weighted by molar-refractivity contribution is 5.24. The summed E-state index contributed by atoms with van der Waals surface area (Å²) in [4.78, 5) is 0. The second-order valence-electron chi connectivity index (χ2n) is 6.39. The van der Waals surface area contributed by atoms with Crippen LogP contribution in [0.15, 0.2) is 24.3 Å². The van der Waals surface area contributed by atoms with Gasteiger partial charge in [0, 0.05) is 12.1 Å². The van der Waals surface area contributed by atoms with Gasteiger partial charge in [0.15, 0.2) is 0 Å². The van der Waals surface area contributed by atoms with E-state index in [1.165, 1.54) is 25.7 Å². The van der Waals surface area contributed by atoms with E-state index < -0.39 is 0 Å². The van der Waals surface area contributed by atoms with Crippen molar-refractivity contribution in [2.45, 2.75) is 63.5 Å². The van der Waals surface area contributed by atoms with Gasteiger partial charge in [0.1, 0.15) is 5.82 Å². The Labute approximate surface area is 115 Å². The molecule has 104 valence electrons. The van der Waals surface area contributed by atoms with Gasteiger partial charge >= 0.3 is 0 Å². The van der Waals surface area contributed by atoms with Gasteiger partial charge in [-0.1, -0.05) is 31.0 Å². The molecule has 1 aromatic rings. The van der Waals surface area contributed by atoms with Gasteiger partial charge in [0.2, 0.25) is 0 Å². The molecule has 2 aliphatic rings. The highest BCUT2D eigenvalue weighted by Crippen LogP contribution is 2.39. The fourth-order valence-electron chi connectivity index (χ4n) is 3.78. The maximum absolute atomic E-state index is 13.7. The molecule has 0 amide bonds. The maximum atomic E-state index is 13.7. The molecule has 1 atom stereocenters. The number of halogens is 1. The zero-order chi connectivity index (χ0) is 13.2. The zero-order valence-electron chi connectivity index (χ0n) is 11.7. The summed E-state index contributed by atoms with van der Waals surface area (Å²) in [5.41, 5.74) is 0.911. The Bertz CT molecular complexity index is 419. The summed E-state index contributed by atoms with van der Waals surface area (Å²) in [6, 6.07) is 8.47. The highest BCUT2D eigenvalue weighted by Gasteiger charge is 2.33. The van der Waals surface area contributed by atoms with Gasteiger partial charge in [-0.15, -0.1) is 0 Å². The molecule has 1 nitrogen and oxygen atoms in total. The molecule has 3 rings (SSSR count). The van der Waals surface area contributed by atoms with Crippen LogP contribution in [0.4, 0.5) is 4.39 Å². The second kappa shape index (κ2) is 5.62. The van der Waals surface area contributed by atoms with Crippen LogP contribution in [0.2, 0.25) is 0 Å². The van der Waals surface area contributed by atoms with Crippen LogP contribution < -0.4 is 5.32 Å². The predicted octanol–water partition coefficient (Wildman–Crippen LogP) is 4.24. The number of rotatable bonds is 4. The maximum Gasteiger partial charge on any atom is 0.126 e. The first-order valence-corrected chi connectivity index (χ1v) is 7.74. The molecule has 19 heavy (non-hydrogen) atoms. The van der Waals surface area contributed by atoms with Gasteiger partial charge in [-0.3, -0.25) is 0 Å². The van der Waals surface area contributed by atoms with Crippen molar-refractivity contribution in [3.05, 3.63) is 35.6 Å². The second-order valence-corrected chi connectivity index (χ2v) is 6.39. The average molecular weight is 261 g/mol. The molecule has 2 aliphatic carbocycles. The molecule has 0 aromatic heterocycles. The zero-order valence-corrected chi connectivity index (χ0v) is 11.7. The number of nitrogens with one attached hydrogen (secondary N) is 1. The van der Waals surface area contributed by atoms with Crippen molar-refractivity contribution in [2.75, 3.05) is 0 Å². The van der Waals surface area contributed by atoms with Crippen LogP contribution in [0.5, 0.6) is 0 Å². The minimum absolute atomic E-state index is 0.0326. The number of hydrogen-bond donors (Lipinski definition) is 1. The van der Waals surface area contributed by atoms with Crippen molar-refractivity contribution < 1.29 is 4.39 Å². The van der Waals surface area contributed by atoms with E-state index in [1.807, 2.05) is 12.1 Å². The SMILES string of the molecule is C[C@@H](NC1CC(c2ccccc2F)C1)C1CCCC1. The summed E-state index contributed by atoms with van der Waals surface area (Å²) < 4.78 is 13.7. The van der Waals surface area contributed by atoms with E-state index in [0.29, 0.717) is 18.0 Å².